The van der Waals surface area contributed by atoms with Gasteiger partial charge in [-0.05, 0) is 25.0 Å². The van der Waals surface area contributed by atoms with Crippen LogP contribution in [0, 0.1) is 18.8 Å². The Hall–Kier alpha value is -3.41. The fourth-order valence-corrected chi connectivity index (χ4v) is 3.26. The van der Waals surface area contributed by atoms with Gasteiger partial charge >= 0.3 is 5.97 Å². The van der Waals surface area contributed by atoms with Gasteiger partial charge in [-0.25, -0.2) is 0 Å². The number of fused-ring (bicyclic) bond motifs is 1. The summed E-state index contributed by atoms with van der Waals surface area (Å²) in [6.45, 7) is 5.26. The molecule has 2 aromatic carbocycles. The summed E-state index contributed by atoms with van der Waals surface area (Å²) in [7, 11) is 0. The number of hydrogen-bond acceptors (Lipinski definition) is 4. The van der Waals surface area contributed by atoms with Crippen LogP contribution in [0.2, 0.25) is 0 Å². The molecule has 0 bridgehead atoms. The Morgan fingerprint density at radius 3 is 2.38 bits per heavy atom. The third kappa shape index (κ3) is 4.06. The van der Waals surface area contributed by atoms with E-state index in [1.807, 2.05) is 30.3 Å². The maximum Gasteiger partial charge on any atom is 0.308 e. The Morgan fingerprint density at radius 2 is 1.76 bits per heavy atom. The molecule has 0 spiro atoms. The lowest BCUT2D eigenvalue weighted by molar-refractivity contribution is -0.142. The van der Waals surface area contributed by atoms with Crippen LogP contribution < -0.4 is 10.7 Å². The van der Waals surface area contributed by atoms with Gasteiger partial charge < -0.3 is 14.8 Å². The number of amides is 1. The fourth-order valence-electron chi connectivity index (χ4n) is 3.26. The molecule has 0 aliphatic rings. The van der Waals surface area contributed by atoms with Crippen LogP contribution in [0.5, 0.6) is 0 Å². The van der Waals surface area contributed by atoms with Gasteiger partial charge in [0.25, 0.3) is 5.91 Å². The average Bonchev–Trinajstić information content (AvgIpc) is 2.70. The van der Waals surface area contributed by atoms with Crippen molar-refractivity contribution in [3.8, 4) is 11.3 Å². The minimum atomic E-state index is -0.966. The van der Waals surface area contributed by atoms with Crippen LogP contribution in [0.15, 0.2) is 57.7 Å². The predicted octanol–water partition coefficient (Wildman–Crippen LogP) is 3.86. The van der Waals surface area contributed by atoms with Gasteiger partial charge in [0.1, 0.15) is 5.76 Å². The number of carbonyl (C=O) groups is 2. The highest BCUT2D eigenvalue weighted by Gasteiger charge is 2.23. The summed E-state index contributed by atoms with van der Waals surface area (Å²) < 4.78 is 6.04. The maximum atomic E-state index is 12.9. The number of nitrogens with one attached hydrogen (secondary N) is 1. The van der Waals surface area contributed by atoms with Crippen LogP contribution >= 0.6 is 0 Å². The predicted molar refractivity (Wildman–Crippen MR) is 111 cm³/mol. The van der Waals surface area contributed by atoms with Crippen LogP contribution in [-0.2, 0) is 4.79 Å². The van der Waals surface area contributed by atoms with Crippen LogP contribution in [-0.4, -0.2) is 23.5 Å². The molecular weight excluding hydrogens is 370 g/mol. The van der Waals surface area contributed by atoms with E-state index in [0.717, 1.165) is 5.56 Å². The SMILES string of the molecule is Cc1c(-c2ccccc2)oc2c(C(=O)NCC(C(=O)O)C(C)C)cccc2c1=O. The first-order chi connectivity index (χ1) is 13.8. The summed E-state index contributed by atoms with van der Waals surface area (Å²) in [6, 6.07) is 14.0. The Morgan fingerprint density at radius 1 is 1.07 bits per heavy atom. The highest BCUT2D eigenvalue weighted by atomic mass is 16.4. The molecule has 6 nitrogen and oxygen atoms in total. The average molecular weight is 393 g/mol. The molecule has 1 atom stereocenters. The molecule has 0 fully saturated rings. The molecule has 3 rings (SSSR count). The largest absolute Gasteiger partial charge is 0.481 e. The lowest BCUT2D eigenvalue weighted by Gasteiger charge is -2.17. The minimum Gasteiger partial charge on any atom is -0.481 e. The van der Waals surface area contributed by atoms with Crippen molar-refractivity contribution in [1.82, 2.24) is 5.32 Å². The van der Waals surface area contributed by atoms with E-state index in [2.05, 4.69) is 5.32 Å². The third-order valence-electron chi connectivity index (χ3n) is 5.03. The van der Waals surface area contributed by atoms with Gasteiger partial charge in [0, 0.05) is 17.7 Å². The summed E-state index contributed by atoms with van der Waals surface area (Å²) in [6.07, 6.45) is 0. The molecule has 1 amide bonds. The fraction of sp³-hybridized carbons (Fsp3) is 0.261. The standard InChI is InChI=1S/C23H23NO5/c1-13(2)18(23(27)28)12-24-22(26)17-11-7-10-16-19(25)14(3)20(29-21(16)17)15-8-5-4-6-9-15/h4-11,13,18H,12H2,1-3H3,(H,24,26)(H,27,28). The van der Waals surface area contributed by atoms with Crippen molar-refractivity contribution in [2.75, 3.05) is 6.54 Å². The number of aliphatic carboxylic acids is 1. The van der Waals surface area contributed by atoms with Gasteiger partial charge in [-0.2, -0.15) is 0 Å². The van der Waals surface area contributed by atoms with Gasteiger partial charge in [-0.15, -0.1) is 0 Å². The number of carboxylic acids is 1. The van der Waals surface area contributed by atoms with E-state index in [0.29, 0.717) is 16.7 Å². The first-order valence-electron chi connectivity index (χ1n) is 9.44. The molecule has 150 valence electrons. The minimum absolute atomic E-state index is 0.0101. The molecule has 0 radical (unpaired) electrons. The molecule has 2 N–H and O–H groups in total. The van der Waals surface area contributed by atoms with Gasteiger partial charge in [0.15, 0.2) is 11.0 Å². The molecular formula is C23H23NO5. The van der Waals surface area contributed by atoms with Crippen molar-refractivity contribution in [1.29, 1.82) is 0 Å². The number of carboxylic acid groups (broad SMARTS) is 1. The first-order valence-corrected chi connectivity index (χ1v) is 9.44. The smallest absolute Gasteiger partial charge is 0.308 e. The molecule has 29 heavy (non-hydrogen) atoms. The lowest BCUT2D eigenvalue weighted by Crippen LogP contribution is -2.35. The number of hydrogen-bond donors (Lipinski definition) is 2. The summed E-state index contributed by atoms with van der Waals surface area (Å²) in [5, 5.41) is 12.3. The molecule has 0 aliphatic carbocycles. The molecule has 1 aromatic heterocycles. The zero-order valence-corrected chi connectivity index (χ0v) is 16.6. The first kappa shape index (κ1) is 20.3. The Bertz CT molecular complexity index is 1120. The lowest BCUT2D eigenvalue weighted by atomic mass is 9.96. The Balaban J connectivity index is 2.05. The molecule has 0 saturated heterocycles. The quantitative estimate of drug-likeness (QED) is 0.663. The topological polar surface area (TPSA) is 96.6 Å². The maximum absolute atomic E-state index is 12.9. The number of benzene rings is 2. The molecule has 1 unspecified atom stereocenters. The third-order valence-corrected chi connectivity index (χ3v) is 5.03. The zero-order chi connectivity index (χ0) is 21.1. The molecule has 6 heteroatoms. The second-order valence-electron chi connectivity index (χ2n) is 7.33. The Labute approximate surface area is 168 Å². The van der Waals surface area contributed by atoms with Crippen LogP contribution in [0.4, 0.5) is 0 Å². The molecule has 0 saturated carbocycles. The van der Waals surface area contributed by atoms with E-state index in [9.17, 15) is 19.5 Å². The molecule has 3 aromatic rings. The number of para-hydroxylation sites is 1. The normalized spacial score (nSPS) is 12.1. The van der Waals surface area contributed by atoms with Crippen molar-refractivity contribution < 1.29 is 19.1 Å². The van der Waals surface area contributed by atoms with E-state index in [4.69, 9.17) is 4.42 Å². The van der Waals surface area contributed by atoms with Crippen molar-refractivity contribution in [3.63, 3.8) is 0 Å². The van der Waals surface area contributed by atoms with E-state index in [1.54, 1.807) is 39.0 Å². The highest BCUT2D eigenvalue weighted by molar-refractivity contribution is 6.05. The van der Waals surface area contributed by atoms with Crippen molar-refractivity contribution in [2.45, 2.75) is 20.8 Å². The van der Waals surface area contributed by atoms with Crippen molar-refractivity contribution >= 4 is 22.8 Å². The van der Waals surface area contributed by atoms with Gasteiger partial charge in [-0.1, -0.05) is 50.2 Å². The van der Waals surface area contributed by atoms with E-state index in [-0.39, 0.29) is 29.0 Å². The van der Waals surface area contributed by atoms with E-state index < -0.39 is 17.8 Å². The zero-order valence-electron chi connectivity index (χ0n) is 16.6. The van der Waals surface area contributed by atoms with Crippen molar-refractivity contribution in [3.05, 3.63) is 69.9 Å². The van der Waals surface area contributed by atoms with Crippen LogP contribution in [0.25, 0.3) is 22.3 Å². The number of rotatable bonds is 6. The monoisotopic (exact) mass is 393 g/mol. The summed E-state index contributed by atoms with van der Waals surface area (Å²) in [5.41, 5.74) is 1.39. The van der Waals surface area contributed by atoms with Crippen LogP contribution in [0.3, 0.4) is 0 Å². The summed E-state index contributed by atoms with van der Waals surface area (Å²) in [4.78, 5) is 37.0. The molecule has 0 aliphatic heterocycles. The van der Waals surface area contributed by atoms with E-state index >= 15 is 0 Å². The van der Waals surface area contributed by atoms with Gasteiger partial charge in [0.2, 0.25) is 0 Å². The number of carbonyl (C=O) groups excluding carboxylic acids is 1. The van der Waals surface area contributed by atoms with Crippen LogP contribution in [0.1, 0.15) is 29.8 Å². The van der Waals surface area contributed by atoms with Gasteiger partial charge in [0.05, 0.1) is 16.9 Å². The summed E-state index contributed by atoms with van der Waals surface area (Å²) in [5.74, 6) is -1.87. The highest BCUT2D eigenvalue weighted by Crippen LogP contribution is 2.27. The van der Waals surface area contributed by atoms with Crippen molar-refractivity contribution in [2.24, 2.45) is 11.8 Å². The van der Waals surface area contributed by atoms with E-state index in [1.165, 1.54) is 0 Å². The van der Waals surface area contributed by atoms with Gasteiger partial charge in [-0.3, -0.25) is 14.4 Å². The second kappa shape index (κ2) is 8.31. The summed E-state index contributed by atoms with van der Waals surface area (Å²) >= 11 is 0. The Kier molecular flexibility index (Phi) is 5.82. The molecule has 1 heterocycles. The second-order valence-corrected chi connectivity index (χ2v) is 7.33.